The Hall–Kier alpha value is -1.12. The van der Waals surface area contributed by atoms with Crippen molar-refractivity contribution < 1.29 is 9.59 Å². The minimum absolute atomic E-state index is 0.0411. The molecule has 1 heterocycles. The lowest BCUT2D eigenvalue weighted by Gasteiger charge is -2.31. The number of carbonyl (C=O) groups is 2. The van der Waals surface area contributed by atoms with Gasteiger partial charge in [0.15, 0.2) is 0 Å². The lowest BCUT2D eigenvalue weighted by atomic mass is 9.92. The molecule has 3 nitrogen and oxygen atoms in total. The van der Waals surface area contributed by atoms with Crippen molar-refractivity contribution in [3.63, 3.8) is 0 Å². The van der Waals surface area contributed by atoms with Crippen molar-refractivity contribution in [3.05, 3.63) is 12.2 Å². The van der Waals surface area contributed by atoms with Gasteiger partial charge in [-0.1, -0.05) is 129 Å². The zero-order chi connectivity index (χ0) is 24.2. The first kappa shape index (κ1) is 29.9. The van der Waals surface area contributed by atoms with Crippen LogP contribution in [0, 0.1) is 5.92 Å². The van der Waals surface area contributed by atoms with Gasteiger partial charge in [0.1, 0.15) is 0 Å². The molecule has 3 heteroatoms. The number of amides is 2. The topological polar surface area (TPSA) is 37.4 Å². The highest BCUT2D eigenvalue weighted by molar-refractivity contribution is 6.02. The molecule has 2 amide bonds. The van der Waals surface area contributed by atoms with Crippen molar-refractivity contribution in [2.45, 2.75) is 162 Å². The van der Waals surface area contributed by atoms with Crippen LogP contribution in [0.4, 0.5) is 0 Å². The summed E-state index contributed by atoms with van der Waals surface area (Å²) in [5.74, 6) is 0.425. The largest absolute Gasteiger partial charge is 0.279 e. The molecule has 0 aliphatic carbocycles. The number of unbranched alkanes of at least 4 members (excludes halogenated alkanes) is 15. The van der Waals surface area contributed by atoms with E-state index in [4.69, 9.17) is 0 Å². The first-order valence-corrected chi connectivity index (χ1v) is 14.6. The molecular formula is C30H55NO2. The molecule has 192 valence electrons. The number of likely N-dealkylation sites (tertiary alicyclic amines) is 1. The molecule has 1 rings (SSSR count). The molecule has 33 heavy (non-hydrogen) atoms. The van der Waals surface area contributed by atoms with E-state index in [1.54, 1.807) is 4.90 Å². The number of hydrogen-bond donors (Lipinski definition) is 0. The second-order valence-corrected chi connectivity index (χ2v) is 10.4. The summed E-state index contributed by atoms with van der Waals surface area (Å²) in [5, 5.41) is 0. The van der Waals surface area contributed by atoms with Gasteiger partial charge in [-0.15, -0.1) is 0 Å². The zero-order valence-corrected chi connectivity index (χ0v) is 22.4. The Morgan fingerprint density at radius 3 is 1.61 bits per heavy atom. The summed E-state index contributed by atoms with van der Waals surface area (Å²) in [6.07, 6.45) is 30.3. The number of carbonyl (C=O) groups excluding carboxylic acids is 2. The van der Waals surface area contributed by atoms with E-state index < -0.39 is 0 Å². The van der Waals surface area contributed by atoms with Gasteiger partial charge in [-0.3, -0.25) is 14.5 Å². The standard InChI is InChI=1S/C30H55NO2/c1-4-6-8-9-10-11-12-13-14-15-16-17-18-19-20-21-22-23-27(3)28(24-7-5-2)31-29(32)25-26-30(31)33/h21-22,27-28H,4-20,23-26H2,1-3H3. The highest BCUT2D eigenvalue weighted by Gasteiger charge is 2.36. The van der Waals surface area contributed by atoms with E-state index in [0.717, 1.165) is 32.1 Å². The highest BCUT2D eigenvalue weighted by Crippen LogP contribution is 2.26. The van der Waals surface area contributed by atoms with E-state index >= 15 is 0 Å². The molecule has 0 aromatic carbocycles. The van der Waals surface area contributed by atoms with Crippen molar-refractivity contribution in [1.82, 2.24) is 4.90 Å². The molecule has 0 bridgehead atoms. The number of allylic oxidation sites excluding steroid dienone is 2. The molecule has 0 spiro atoms. The van der Waals surface area contributed by atoms with Crippen LogP contribution in [0.25, 0.3) is 0 Å². The maximum atomic E-state index is 12.2. The molecule has 2 atom stereocenters. The van der Waals surface area contributed by atoms with E-state index in [1.807, 2.05) is 0 Å². The molecule has 0 saturated carbocycles. The summed E-state index contributed by atoms with van der Waals surface area (Å²) in [4.78, 5) is 26.0. The maximum absolute atomic E-state index is 12.2. The van der Waals surface area contributed by atoms with Crippen LogP contribution in [0.15, 0.2) is 12.2 Å². The van der Waals surface area contributed by atoms with Crippen LogP contribution in [0.5, 0.6) is 0 Å². The number of imide groups is 1. The van der Waals surface area contributed by atoms with Crippen LogP contribution < -0.4 is 0 Å². The van der Waals surface area contributed by atoms with E-state index in [1.165, 1.54) is 89.9 Å². The molecular weight excluding hydrogens is 406 g/mol. The van der Waals surface area contributed by atoms with Gasteiger partial charge in [-0.25, -0.2) is 0 Å². The molecule has 1 saturated heterocycles. The summed E-state index contributed by atoms with van der Waals surface area (Å²) >= 11 is 0. The van der Waals surface area contributed by atoms with Crippen LogP contribution in [0.2, 0.25) is 0 Å². The second-order valence-electron chi connectivity index (χ2n) is 10.4. The third-order valence-corrected chi connectivity index (χ3v) is 7.33. The average molecular weight is 462 g/mol. The second kappa shape index (κ2) is 20.3. The van der Waals surface area contributed by atoms with Gasteiger partial charge >= 0.3 is 0 Å². The summed E-state index contributed by atoms with van der Waals surface area (Å²) in [5.41, 5.74) is 0. The summed E-state index contributed by atoms with van der Waals surface area (Å²) in [6, 6.07) is 0.0816. The molecule has 1 fully saturated rings. The molecule has 0 N–H and O–H groups in total. The fourth-order valence-corrected chi connectivity index (χ4v) is 5.09. The van der Waals surface area contributed by atoms with E-state index in [2.05, 4.69) is 32.9 Å². The highest BCUT2D eigenvalue weighted by atomic mass is 16.2. The van der Waals surface area contributed by atoms with E-state index in [9.17, 15) is 9.59 Å². The fourth-order valence-electron chi connectivity index (χ4n) is 5.09. The Kier molecular flexibility index (Phi) is 18.4. The first-order chi connectivity index (χ1) is 16.1. The molecule has 0 aromatic heterocycles. The minimum Gasteiger partial charge on any atom is -0.279 e. The molecule has 1 aliphatic heterocycles. The van der Waals surface area contributed by atoms with E-state index in [-0.39, 0.29) is 17.9 Å². The lowest BCUT2D eigenvalue weighted by molar-refractivity contribution is -0.142. The van der Waals surface area contributed by atoms with Gasteiger partial charge < -0.3 is 0 Å². The molecule has 2 unspecified atom stereocenters. The van der Waals surface area contributed by atoms with Gasteiger partial charge in [0.2, 0.25) is 11.8 Å². The van der Waals surface area contributed by atoms with Crippen molar-refractivity contribution in [2.75, 3.05) is 0 Å². The number of hydrogen-bond acceptors (Lipinski definition) is 2. The van der Waals surface area contributed by atoms with E-state index in [0.29, 0.717) is 18.8 Å². The van der Waals surface area contributed by atoms with Crippen LogP contribution in [0.1, 0.15) is 156 Å². The predicted octanol–water partition coefficient (Wildman–Crippen LogP) is 9.15. The van der Waals surface area contributed by atoms with Crippen LogP contribution in [0.3, 0.4) is 0 Å². The Balaban J connectivity index is 2.04. The van der Waals surface area contributed by atoms with Gasteiger partial charge in [0.25, 0.3) is 0 Å². The van der Waals surface area contributed by atoms with Crippen molar-refractivity contribution >= 4 is 11.8 Å². The lowest BCUT2D eigenvalue weighted by Crippen LogP contribution is -2.43. The van der Waals surface area contributed by atoms with Crippen LogP contribution in [-0.4, -0.2) is 22.8 Å². The SMILES string of the molecule is CCCCCCCCCCCCCCCCC=CCC(C)C(CCCC)N1C(=O)CCC1=O. The Labute approximate surface area is 206 Å². The smallest absolute Gasteiger partial charge is 0.229 e. The quantitative estimate of drug-likeness (QED) is 0.0915. The summed E-state index contributed by atoms with van der Waals surface area (Å²) < 4.78 is 0. The number of rotatable bonds is 22. The van der Waals surface area contributed by atoms with Gasteiger partial charge in [0, 0.05) is 18.9 Å². The Morgan fingerprint density at radius 1 is 0.667 bits per heavy atom. The third kappa shape index (κ3) is 14.0. The van der Waals surface area contributed by atoms with Crippen LogP contribution in [-0.2, 0) is 9.59 Å². The predicted molar refractivity (Wildman–Crippen MR) is 142 cm³/mol. The Bertz CT molecular complexity index is 511. The maximum Gasteiger partial charge on any atom is 0.229 e. The summed E-state index contributed by atoms with van der Waals surface area (Å²) in [6.45, 7) is 6.66. The fraction of sp³-hybridized carbons (Fsp3) is 0.867. The zero-order valence-electron chi connectivity index (χ0n) is 22.4. The molecule has 0 radical (unpaired) electrons. The third-order valence-electron chi connectivity index (χ3n) is 7.33. The van der Waals surface area contributed by atoms with Gasteiger partial charge in [-0.05, 0) is 31.6 Å². The first-order valence-electron chi connectivity index (χ1n) is 14.6. The Morgan fingerprint density at radius 2 is 1.12 bits per heavy atom. The summed E-state index contributed by atoms with van der Waals surface area (Å²) in [7, 11) is 0. The van der Waals surface area contributed by atoms with Gasteiger partial charge in [-0.2, -0.15) is 0 Å². The van der Waals surface area contributed by atoms with Crippen molar-refractivity contribution in [2.24, 2.45) is 5.92 Å². The monoisotopic (exact) mass is 461 g/mol. The van der Waals surface area contributed by atoms with Crippen LogP contribution >= 0.6 is 0 Å². The van der Waals surface area contributed by atoms with Gasteiger partial charge in [0.05, 0.1) is 0 Å². The van der Waals surface area contributed by atoms with Crippen molar-refractivity contribution in [3.8, 4) is 0 Å². The molecule has 1 aliphatic rings. The molecule has 0 aromatic rings. The minimum atomic E-state index is 0.0411. The normalized spacial score (nSPS) is 16.3. The number of nitrogens with zero attached hydrogens (tertiary/aromatic N) is 1. The van der Waals surface area contributed by atoms with Crippen molar-refractivity contribution in [1.29, 1.82) is 0 Å². The average Bonchev–Trinajstić information content (AvgIpc) is 3.14.